The van der Waals surface area contributed by atoms with Crippen molar-refractivity contribution in [2.45, 2.75) is 25.8 Å². The van der Waals surface area contributed by atoms with E-state index in [1.54, 1.807) is 19.1 Å². The van der Waals surface area contributed by atoms with Crippen LogP contribution in [0.1, 0.15) is 19.8 Å². The molecule has 1 unspecified atom stereocenters. The van der Waals surface area contributed by atoms with Crippen LogP contribution in [0, 0.1) is 0 Å². The summed E-state index contributed by atoms with van der Waals surface area (Å²) in [6.45, 7) is 1.68. The molecule has 5 nitrogen and oxygen atoms in total. The second kappa shape index (κ2) is 7.78. The Morgan fingerprint density at radius 1 is 1.37 bits per heavy atom. The lowest BCUT2D eigenvalue weighted by molar-refractivity contribution is -0.137. The number of aliphatic carboxylic acids is 1. The Kier molecular flexibility index (Phi) is 6.35. The van der Waals surface area contributed by atoms with Crippen LogP contribution < -0.4 is 10.1 Å². The molecule has 0 aliphatic rings. The van der Waals surface area contributed by atoms with E-state index < -0.39 is 5.97 Å². The molecule has 0 aliphatic carbocycles. The molecule has 0 fully saturated rings. The Labute approximate surface area is 120 Å². The third-order valence-corrected chi connectivity index (χ3v) is 2.91. The average molecular weight is 330 g/mol. The smallest absolute Gasteiger partial charge is 0.303 e. The minimum atomic E-state index is -0.868. The number of amides is 1. The first-order chi connectivity index (χ1) is 8.97. The molecule has 104 valence electrons. The van der Waals surface area contributed by atoms with Crippen molar-refractivity contribution >= 4 is 27.8 Å². The largest absolute Gasteiger partial charge is 0.484 e. The zero-order chi connectivity index (χ0) is 14.3. The molecular formula is C13H16BrNO4. The topological polar surface area (TPSA) is 75.6 Å². The van der Waals surface area contributed by atoms with Crippen LogP contribution in [0.2, 0.25) is 0 Å². The summed E-state index contributed by atoms with van der Waals surface area (Å²) in [6.07, 6.45) is 0.439. The maximum absolute atomic E-state index is 11.5. The predicted octanol–water partition coefficient (Wildman–Crippen LogP) is 2.20. The van der Waals surface area contributed by atoms with Gasteiger partial charge in [0.1, 0.15) is 5.75 Å². The summed E-state index contributed by atoms with van der Waals surface area (Å²) in [5.74, 6) is -0.524. The molecular weight excluding hydrogens is 314 g/mol. The molecule has 0 spiro atoms. The summed E-state index contributed by atoms with van der Waals surface area (Å²) in [5, 5.41) is 11.2. The van der Waals surface area contributed by atoms with E-state index in [1.807, 2.05) is 12.1 Å². The van der Waals surface area contributed by atoms with Gasteiger partial charge in [-0.25, -0.2) is 0 Å². The first kappa shape index (κ1) is 15.5. The van der Waals surface area contributed by atoms with Crippen molar-refractivity contribution in [1.29, 1.82) is 0 Å². The normalized spacial score (nSPS) is 11.7. The van der Waals surface area contributed by atoms with Gasteiger partial charge in [0.25, 0.3) is 5.91 Å². The van der Waals surface area contributed by atoms with Gasteiger partial charge < -0.3 is 15.2 Å². The van der Waals surface area contributed by atoms with Crippen molar-refractivity contribution in [3.63, 3.8) is 0 Å². The Morgan fingerprint density at radius 2 is 2.00 bits per heavy atom. The number of carbonyl (C=O) groups excluding carboxylic acids is 1. The minimum absolute atomic E-state index is 0.0367. The monoisotopic (exact) mass is 329 g/mol. The van der Waals surface area contributed by atoms with Crippen LogP contribution in [0.15, 0.2) is 28.7 Å². The second-order valence-corrected chi connectivity index (χ2v) is 5.06. The van der Waals surface area contributed by atoms with Gasteiger partial charge in [-0.3, -0.25) is 9.59 Å². The van der Waals surface area contributed by atoms with E-state index in [0.29, 0.717) is 12.2 Å². The van der Waals surface area contributed by atoms with E-state index in [4.69, 9.17) is 9.84 Å². The molecule has 1 rings (SSSR count). The molecule has 0 saturated heterocycles. The van der Waals surface area contributed by atoms with Crippen LogP contribution >= 0.6 is 15.9 Å². The fourth-order valence-corrected chi connectivity index (χ4v) is 1.67. The van der Waals surface area contributed by atoms with Crippen molar-refractivity contribution in [3.8, 4) is 5.75 Å². The van der Waals surface area contributed by atoms with E-state index in [0.717, 1.165) is 4.47 Å². The number of halogens is 1. The molecule has 2 N–H and O–H groups in total. The van der Waals surface area contributed by atoms with Crippen molar-refractivity contribution in [2.24, 2.45) is 0 Å². The quantitative estimate of drug-likeness (QED) is 0.804. The fraction of sp³-hybridized carbons (Fsp3) is 0.385. The fourth-order valence-electron chi connectivity index (χ4n) is 1.41. The minimum Gasteiger partial charge on any atom is -0.484 e. The number of hydrogen-bond acceptors (Lipinski definition) is 3. The van der Waals surface area contributed by atoms with Crippen LogP contribution in [0.5, 0.6) is 5.75 Å². The number of ether oxygens (including phenoxy) is 1. The highest BCUT2D eigenvalue weighted by atomic mass is 79.9. The zero-order valence-corrected chi connectivity index (χ0v) is 12.1. The van der Waals surface area contributed by atoms with Gasteiger partial charge in [-0.05, 0) is 37.6 Å². The van der Waals surface area contributed by atoms with Crippen LogP contribution in [0.3, 0.4) is 0 Å². The van der Waals surface area contributed by atoms with Crippen molar-refractivity contribution in [2.75, 3.05) is 6.61 Å². The number of benzene rings is 1. The lowest BCUT2D eigenvalue weighted by Gasteiger charge is -2.13. The standard InChI is InChI=1S/C13H16BrNO4/c1-9(2-7-13(17)18)15-12(16)8-19-11-5-3-10(14)4-6-11/h3-6,9H,2,7-8H2,1H3,(H,15,16)(H,17,18). The highest BCUT2D eigenvalue weighted by Gasteiger charge is 2.09. The number of nitrogens with one attached hydrogen (secondary N) is 1. The summed E-state index contributed by atoms with van der Waals surface area (Å²) in [5.41, 5.74) is 0. The first-order valence-electron chi connectivity index (χ1n) is 5.87. The summed E-state index contributed by atoms with van der Waals surface area (Å²) >= 11 is 3.30. The number of carboxylic acids is 1. The van der Waals surface area contributed by atoms with E-state index in [2.05, 4.69) is 21.2 Å². The Morgan fingerprint density at radius 3 is 2.58 bits per heavy atom. The highest BCUT2D eigenvalue weighted by molar-refractivity contribution is 9.10. The van der Waals surface area contributed by atoms with Gasteiger partial charge in [-0.2, -0.15) is 0 Å². The molecule has 1 atom stereocenters. The van der Waals surface area contributed by atoms with Crippen molar-refractivity contribution < 1.29 is 19.4 Å². The molecule has 1 aromatic rings. The maximum Gasteiger partial charge on any atom is 0.303 e. The zero-order valence-electron chi connectivity index (χ0n) is 10.6. The van der Waals surface area contributed by atoms with Crippen molar-refractivity contribution in [3.05, 3.63) is 28.7 Å². The van der Waals surface area contributed by atoms with Crippen LogP contribution in [0.25, 0.3) is 0 Å². The molecule has 0 saturated carbocycles. The van der Waals surface area contributed by atoms with Gasteiger partial charge in [0.05, 0.1) is 0 Å². The third kappa shape index (κ3) is 6.81. The molecule has 19 heavy (non-hydrogen) atoms. The molecule has 0 aromatic heterocycles. The van der Waals surface area contributed by atoms with Crippen LogP contribution in [0.4, 0.5) is 0 Å². The number of carbonyl (C=O) groups is 2. The molecule has 1 amide bonds. The van der Waals surface area contributed by atoms with Gasteiger partial charge in [0.15, 0.2) is 6.61 Å². The molecule has 0 heterocycles. The Balaban J connectivity index is 2.27. The number of hydrogen-bond donors (Lipinski definition) is 2. The van der Waals surface area contributed by atoms with E-state index >= 15 is 0 Å². The van der Waals surface area contributed by atoms with E-state index in [-0.39, 0.29) is 25.0 Å². The molecule has 1 aromatic carbocycles. The van der Waals surface area contributed by atoms with Gasteiger partial charge in [-0.1, -0.05) is 15.9 Å². The van der Waals surface area contributed by atoms with Gasteiger partial charge >= 0.3 is 5.97 Å². The average Bonchev–Trinajstić information content (AvgIpc) is 2.36. The summed E-state index contributed by atoms with van der Waals surface area (Å²) in [7, 11) is 0. The van der Waals surface area contributed by atoms with Crippen molar-refractivity contribution in [1.82, 2.24) is 5.32 Å². The van der Waals surface area contributed by atoms with Gasteiger partial charge in [0, 0.05) is 16.9 Å². The summed E-state index contributed by atoms with van der Waals surface area (Å²) in [4.78, 5) is 21.9. The number of carboxylic acid groups (broad SMARTS) is 1. The first-order valence-corrected chi connectivity index (χ1v) is 6.66. The summed E-state index contributed by atoms with van der Waals surface area (Å²) in [6, 6.07) is 6.97. The SMILES string of the molecule is CC(CCC(=O)O)NC(=O)COc1ccc(Br)cc1. The Bertz CT molecular complexity index is 433. The van der Waals surface area contributed by atoms with Gasteiger partial charge in [0.2, 0.25) is 0 Å². The Hall–Kier alpha value is -1.56. The lowest BCUT2D eigenvalue weighted by atomic mass is 10.2. The van der Waals surface area contributed by atoms with Gasteiger partial charge in [-0.15, -0.1) is 0 Å². The summed E-state index contributed by atoms with van der Waals surface area (Å²) < 4.78 is 6.24. The van der Waals surface area contributed by atoms with Crippen LogP contribution in [-0.2, 0) is 9.59 Å². The van der Waals surface area contributed by atoms with E-state index in [9.17, 15) is 9.59 Å². The second-order valence-electron chi connectivity index (χ2n) is 4.14. The van der Waals surface area contributed by atoms with Crippen LogP contribution in [-0.4, -0.2) is 29.6 Å². The van der Waals surface area contributed by atoms with E-state index in [1.165, 1.54) is 0 Å². The molecule has 6 heteroatoms. The number of rotatable bonds is 7. The predicted molar refractivity (Wildman–Crippen MR) is 74.1 cm³/mol. The maximum atomic E-state index is 11.5. The molecule has 0 aliphatic heterocycles. The molecule has 0 bridgehead atoms. The lowest BCUT2D eigenvalue weighted by Crippen LogP contribution is -2.36. The third-order valence-electron chi connectivity index (χ3n) is 2.38. The molecule has 0 radical (unpaired) electrons. The highest BCUT2D eigenvalue weighted by Crippen LogP contribution is 2.15.